The summed E-state index contributed by atoms with van der Waals surface area (Å²) in [6.45, 7) is 9.91. The minimum absolute atomic E-state index is 0.0487. The number of anilines is 1. The molecule has 1 rings (SSSR count). The number of carbonyl (C=O) groups is 1. The van der Waals surface area contributed by atoms with Crippen LogP contribution in [0.25, 0.3) is 0 Å². The monoisotopic (exact) mass is 418 g/mol. The van der Waals surface area contributed by atoms with Gasteiger partial charge in [-0.1, -0.05) is 46.2 Å². The second kappa shape index (κ2) is 9.64. The molecule has 1 amide bonds. The summed E-state index contributed by atoms with van der Waals surface area (Å²) in [5, 5.41) is 3.30. The fourth-order valence-electron chi connectivity index (χ4n) is 3.22. The summed E-state index contributed by atoms with van der Waals surface area (Å²) in [6, 6.07) is 3.76. The molecule has 0 heterocycles. The quantitative estimate of drug-likeness (QED) is 0.663. The van der Waals surface area contributed by atoms with Crippen molar-refractivity contribution in [3.8, 4) is 5.75 Å². The normalized spacial score (nSPS) is 13.1. The summed E-state index contributed by atoms with van der Waals surface area (Å²) in [5.74, 6) is 0.579. The van der Waals surface area contributed by atoms with Gasteiger partial charge < -0.3 is 10.1 Å². The molecule has 0 radical (unpaired) electrons. The fourth-order valence-corrected chi connectivity index (χ4v) is 4.67. The summed E-state index contributed by atoms with van der Waals surface area (Å²) in [6.07, 6.45) is 1.41. The number of hydrogen-bond donors (Lipinski definition) is 1. The zero-order chi connectivity index (χ0) is 20.9. The van der Waals surface area contributed by atoms with Crippen LogP contribution in [0.2, 0.25) is 5.02 Å². The highest BCUT2D eigenvalue weighted by atomic mass is 35.5. The van der Waals surface area contributed by atoms with Gasteiger partial charge in [0.15, 0.2) is 0 Å². The molecule has 0 aromatic heterocycles. The zero-order valence-corrected chi connectivity index (χ0v) is 18.7. The molecule has 154 valence electrons. The van der Waals surface area contributed by atoms with Gasteiger partial charge in [-0.15, -0.1) is 0 Å². The Balaban J connectivity index is 3.32. The number of hydrogen-bond acceptors (Lipinski definition) is 4. The van der Waals surface area contributed by atoms with E-state index < -0.39 is 16.1 Å². The van der Waals surface area contributed by atoms with Crippen LogP contribution in [-0.2, 0) is 14.8 Å². The average Bonchev–Trinajstić information content (AvgIpc) is 2.55. The number of nitrogens with zero attached hydrogens (tertiary/aromatic N) is 1. The van der Waals surface area contributed by atoms with Crippen LogP contribution in [0.4, 0.5) is 5.69 Å². The number of methoxy groups -OCH3 is 1. The lowest BCUT2D eigenvalue weighted by molar-refractivity contribution is -0.123. The van der Waals surface area contributed by atoms with Crippen LogP contribution in [-0.4, -0.2) is 39.8 Å². The van der Waals surface area contributed by atoms with E-state index in [1.165, 1.54) is 13.2 Å². The van der Waals surface area contributed by atoms with E-state index in [9.17, 15) is 13.2 Å². The smallest absolute Gasteiger partial charge is 0.244 e. The minimum atomic E-state index is -3.71. The van der Waals surface area contributed by atoms with Crippen molar-refractivity contribution < 1.29 is 17.9 Å². The number of rotatable bonds is 9. The SMILES string of the molecule is CC[C@H](C(=O)NC(C(C)C)C(C)C)N(c1ccc(OC)c(Cl)c1)S(C)(=O)=O. The predicted molar refractivity (Wildman–Crippen MR) is 111 cm³/mol. The van der Waals surface area contributed by atoms with E-state index in [0.717, 1.165) is 10.6 Å². The van der Waals surface area contributed by atoms with Gasteiger partial charge in [0.1, 0.15) is 11.8 Å². The van der Waals surface area contributed by atoms with E-state index in [4.69, 9.17) is 16.3 Å². The lowest BCUT2D eigenvalue weighted by Crippen LogP contribution is -2.53. The summed E-state index contributed by atoms with van der Waals surface area (Å²) in [4.78, 5) is 13.0. The van der Waals surface area contributed by atoms with E-state index in [1.54, 1.807) is 19.1 Å². The highest BCUT2D eigenvalue weighted by Crippen LogP contribution is 2.32. The number of nitrogens with one attached hydrogen (secondary N) is 1. The second-order valence-electron chi connectivity index (χ2n) is 7.32. The molecule has 1 aromatic rings. The molecular formula is C19H31ClN2O4S. The van der Waals surface area contributed by atoms with Gasteiger partial charge in [-0.05, 0) is 36.5 Å². The molecule has 0 fully saturated rings. The predicted octanol–water partition coefficient (Wildman–Crippen LogP) is 3.69. The van der Waals surface area contributed by atoms with Crippen LogP contribution in [0.3, 0.4) is 0 Å². The third kappa shape index (κ3) is 6.01. The summed E-state index contributed by atoms with van der Waals surface area (Å²) >= 11 is 6.17. The molecule has 0 bridgehead atoms. The Morgan fingerprint density at radius 3 is 2.15 bits per heavy atom. The Hall–Kier alpha value is -1.47. The summed E-state index contributed by atoms with van der Waals surface area (Å²) in [5.41, 5.74) is 0.330. The molecule has 0 saturated heterocycles. The third-order valence-corrected chi connectivity index (χ3v) is 5.94. The van der Waals surface area contributed by atoms with Gasteiger partial charge in [-0.25, -0.2) is 8.42 Å². The number of amides is 1. The van der Waals surface area contributed by atoms with Crippen molar-refractivity contribution in [2.24, 2.45) is 11.8 Å². The van der Waals surface area contributed by atoms with Crippen molar-refractivity contribution >= 4 is 33.2 Å². The molecule has 6 nitrogen and oxygen atoms in total. The van der Waals surface area contributed by atoms with Crippen LogP contribution >= 0.6 is 11.6 Å². The van der Waals surface area contributed by atoms with Gasteiger partial charge in [0.2, 0.25) is 15.9 Å². The number of benzene rings is 1. The Morgan fingerprint density at radius 1 is 1.22 bits per heavy atom. The van der Waals surface area contributed by atoms with E-state index in [1.807, 2.05) is 27.7 Å². The Labute approximate surface area is 168 Å². The first-order chi connectivity index (χ1) is 12.4. The molecule has 0 aliphatic carbocycles. The Kier molecular flexibility index (Phi) is 8.42. The molecule has 1 N–H and O–H groups in total. The van der Waals surface area contributed by atoms with Gasteiger partial charge in [0.25, 0.3) is 0 Å². The second-order valence-corrected chi connectivity index (χ2v) is 9.59. The standard InChI is InChI=1S/C19H31ClN2O4S/c1-8-16(19(23)21-18(12(2)3)13(4)5)22(27(7,24)25)14-9-10-17(26-6)15(20)11-14/h9-13,16,18H,8H2,1-7H3,(H,21,23)/t16-/m1/s1. The maximum Gasteiger partial charge on any atom is 0.244 e. The van der Waals surface area contributed by atoms with E-state index in [2.05, 4.69) is 5.32 Å². The highest BCUT2D eigenvalue weighted by Gasteiger charge is 2.33. The van der Waals surface area contributed by atoms with E-state index >= 15 is 0 Å². The van der Waals surface area contributed by atoms with Crippen LogP contribution < -0.4 is 14.4 Å². The summed E-state index contributed by atoms with van der Waals surface area (Å²) in [7, 11) is -2.23. The molecule has 0 saturated carbocycles. The Morgan fingerprint density at radius 2 is 1.78 bits per heavy atom. The lowest BCUT2D eigenvalue weighted by Gasteiger charge is -2.33. The average molecular weight is 419 g/mol. The highest BCUT2D eigenvalue weighted by molar-refractivity contribution is 7.92. The van der Waals surface area contributed by atoms with E-state index in [-0.39, 0.29) is 28.8 Å². The van der Waals surface area contributed by atoms with Crippen molar-refractivity contribution in [3.05, 3.63) is 23.2 Å². The number of sulfonamides is 1. The van der Waals surface area contributed by atoms with Crippen molar-refractivity contribution in [2.75, 3.05) is 17.7 Å². The van der Waals surface area contributed by atoms with Crippen molar-refractivity contribution in [1.82, 2.24) is 5.32 Å². The molecule has 0 spiro atoms. The molecular weight excluding hydrogens is 388 g/mol. The van der Waals surface area contributed by atoms with Crippen molar-refractivity contribution in [1.29, 1.82) is 0 Å². The molecule has 27 heavy (non-hydrogen) atoms. The maximum absolute atomic E-state index is 13.0. The van der Waals surface area contributed by atoms with Crippen LogP contribution in [0.1, 0.15) is 41.0 Å². The number of carbonyl (C=O) groups excluding carboxylic acids is 1. The summed E-state index contributed by atoms with van der Waals surface area (Å²) < 4.78 is 31.3. The van der Waals surface area contributed by atoms with Gasteiger partial charge in [-0.3, -0.25) is 9.10 Å². The molecule has 0 unspecified atom stereocenters. The maximum atomic E-state index is 13.0. The molecule has 8 heteroatoms. The fraction of sp³-hybridized carbons (Fsp3) is 0.632. The van der Waals surface area contributed by atoms with Gasteiger partial charge >= 0.3 is 0 Å². The molecule has 0 aliphatic rings. The minimum Gasteiger partial charge on any atom is -0.495 e. The third-order valence-electron chi connectivity index (χ3n) is 4.46. The zero-order valence-electron chi connectivity index (χ0n) is 17.1. The first-order valence-electron chi connectivity index (χ1n) is 9.07. The first kappa shape index (κ1) is 23.6. The molecule has 1 atom stereocenters. The topological polar surface area (TPSA) is 75.7 Å². The van der Waals surface area contributed by atoms with Gasteiger partial charge in [0, 0.05) is 6.04 Å². The van der Waals surface area contributed by atoms with Crippen LogP contribution in [0.15, 0.2) is 18.2 Å². The molecule has 1 aromatic carbocycles. The van der Waals surface area contributed by atoms with Crippen molar-refractivity contribution in [2.45, 2.75) is 53.1 Å². The van der Waals surface area contributed by atoms with Crippen molar-refractivity contribution in [3.63, 3.8) is 0 Å². The number of halogens is 1. The van der Waals surface area contributed by atoms with Gasteiger partial charge in [0.05, 0.1) is 24.1 Å². The first-order valence-corrected chi connectivity index (χ1v) is 11.3. The Bertz CT molecular complexity index is 742. The number of ether oxygens (including phenoxy) is 1. The van der Waals surface area contributed by atoms with Crippen LogP contribution in [0.5, 0.6) is 5.75 Å². The van der Waals surface area contributed by atoms with E-state index in [0.29, 0.717) is 17.9 Å². The molecule has 0 aliphatic heterocycles. The van der Waals surface area contributed by atoms with Gasteiger partial charge in [-0.2, -0.15) is 0 Å². The largest absolute Gasteiger partial charge is 0.495 e. The lowest BCUT2D eigenvalue weighted by atomic mass is 9.93. The van der Waals surface area contributed by atoms with Crippen LogP contribution in [0, 0.1) is 11.8 Å².